The zero-order valence-electron chi connectivity index (χ0n) is 10.1. The first kappa shape index (κ1) is 12.0. The molecule has 0 aliphatic heterocycles. The Morgan fingerprint density at radius 2 is 2.06 bits per heavy atom. The summed E-state index contributed by atoms with van der Waals surface area (Å²) in [5, 5.41) is 8.94. The summed E-state index contributed by atoms with van der Waals surface area (Å²) in [6.07, 6.45) is 2.55. The molecule has 3 heteroatoms. The van der Waals surface area contributed by atoms with Crippen LogP contribution in [-0.2, 0) is 4.79 Å². The van der Waals surface area contributed by atoms with Gasteiger partial charge in [-0.2, -0.15) is 0 Å². The Bertz CT molecular complexity index is 379. The van der Waals surface area contributed by atoms with Crippen LogP contribution in [0.5, 0.6) is 5.75 Å². The van der Waals surface area contributed by atoms with E-state index in [0.717, 1.165) is 24.2 Å². The van der Waals surface area contributed by atoms with Gasteiger partial charge < -0.3 is 9.84 Å². The molecule has 0 amide bonds. The van der Waals surface area contributed by atoms with E-state index in [1.165, 1.54) is 0 Å². The summed E-state index contributed by atoms with van der Waals surface area (Å²) in [6, 6.07) is 7.85. The molecule has 1 unspecified atom stereocenters. The van der Waals surface area contributed by atoms with Crippen LogP contribution in [0.25, 0.3) is 0 Å². The monoisotopic (exact) mass is 234 g/mol. The van der Waals surface area contributed by atoms with Crippen LogP contribution in [0.15, 0.2) is 24.3 Å². The van der Waals surface area contributed by atoms with Gasteiger partial charge in [0, 0.05) is 0 Å². The molecule has 1 aromatic rings. The predicted molar refractivity (Wildman–Crippen MR) is 65.3 cm³/mol. The van der Waals surface area contributed by atoms with Crippen molar-refractivity contribution in [2.24, 2.45) is 5.92 Å². The van der Waals surface area contributed by atoms with E-state index >= 15 is 0 Å². The van der Waals surface area contributed by atoms with E-state index in [9.17, 15) is 4.79 Å². The highest BCUT2D eigenvalue weighted by Gasteiger charge is 2.33. The van der Waals surface area contributed by atoms with Crippen LogP contribution < -0.4 is 4.74 Å². The lowest BCUT2D eigenvalue weighted by atomic mass is 9.91. The van der Waals surface area contributed by atoms with Gasteiger partial charge in [-0.3, -0.25) is 4.79 Å². The van der Waals surface area contributed by atoms with Crippen molar-refractivity contribution in [2.45, 2.75) is 32.1 Å². The second kappa shape index (κ2) is 5.21. The lowest BCUT2D eigenvalue weighted by molar-refractivity contribution is -0.137. The number of rotatable bonds is 6. The minimum Gasteiger partial charge on any atom is -0.494 e. The number of benzene rings is 1. The summed E-state index contributed by atoms with van der Waals surface area (Å²) in [6.45, 7) is 2.60. The Balaban J connectivity index is 2.09. The van der Waals surface area contributed by atoms with Crippen LogP contribution in [0.3, 0.4) is 0 Å². The van der Waals surface area contributed by atoms with Gasteiger partial charge in [0.1, 0.15) is 5.75 Å². The molecule has 92 valence electrons. The van der Waals surface area contributed by atoms with Crippen molar-refractivity contribution in [1.29, 1.82) is 0 Å². The summed E-state index contributed by atoms with van der Waals surface area (Å²) in [4.78, 5) is 10.9. The predicted octanol–water partition coefficient (Wildman–Crippen LogP) is 3.05. The molecule has 1 aromatic carbocycles. The molecular formula is C14H18O3. The third-order valence-electron chi connectivity index (χ3n) is 3.20. The van der Waals surface area contributed by atoms with Crippen molar-refractivity contribution in [2.75, 3.05) is 6.61 Å². The van der Waals surface area contributed by atoms with Crippen molar-refractivity contribution in [3.63, 3.8) is 0 Å². The summed E-state index contributed by atoms with van der Waals surface area (Å²) in [5.74, 6) is 0.865. The Morgan fingerprint density at radius 1 is 1.41 bits per heavy atom. The van der Waals surface area contributed by atoms with Gasteiger partial charge in [0.25, 0.3) is 0 Å². The van der Waals surface area contributed by atoms with Crippen LogP contribution >= 0.6 is 0 Å². The molecular weight excluding hydrogens is 216 g/mol. The van der Waals surface area contributed by atoms with E-state index in [-0.39, 0.29) is 12.3 Å². The number of ether oxygens (including phenoxy) is 1. The first-order chi connectivity index (χ1) is 8.20. The van der Waals surface area contributed by atoms with Gasteiger partial charge in [-0.05, 0) is 49.3 Å². The van der Waals surface area contributed by atoms with Crippen molar-refractivity contribution in [3.05, 3.63) is 29.8 Å². The molecule has 0 bridgehead atoms. The second-order valence-corrected chi connectivity index (χ2v) is 4.54. The summed E-state index contributed by atoms with van der Waals surface area (Å²) in [5.41, 5.74) is 1.12. The van der Waals surface area contributed by atoms with Crippen molar-refractivity contribution >= 4 is 5.97 Å². The fourth-order valence-corrected chi connectivity index (χ4v) is 2.22. The second-order valence-electron chi connectivity index (χ2n) is 4.54. The zero-order chi connectivity index (χ0) is 12.3. The molecule has 1 aliphatic carbocycles. The average molecular weight is 234 g/mol. The molecule has 17 heavy (non-hydrogen) atoms. The van der Waals surface area contributed by atoms with Crippen LogP contribution in [0, 0.1) is 5.92 Å². The highest BCUT2D eigenvalue weighted by Crippen LogP contribution is 2.44. The molecule has 1 atom stereocenters. The largest absolute Gasteiger partial charge is 0.494 e. The fraction of sp³-hybridized carbons (Fsp3) is 0.500. The quantitative estimate of drug-likeness (QED) is 0.822. The third-order valence-corrected chi connectivity index (χ3v) is 3.20. The van der Waals surface area contributed by atoms with Crippen molar-refractivity contribution in [3.8, 4) is 5.75 Å². The summed E-state index contributed by atoms with van der Waals surface area (Å²) < 4.78 is 5.38. The number of carbonyl (C=O) groups is 1. The van der Waals surface area contributed by atoms with E-state index in [1.54, 1.807) is 0 Å². The number of hydrogen-bond acceptors (Lipinski definition) is 2. The van der Waals surface area contributed by atoms with Gasteiger partial charge in [-0.1, -0.05) is 12.1 Å². The molecule has 0 heterocycles. The van der Waals surface area contributed by atoms with Crippen LogP contribution in [0.1, 0.15) is 37.7 Å². The summed E-state index contributed by atoms with van der Waals surface area (Å²) in [7, 11) is 0. The Labute approximate surface area is 101 Å². The van der Waals surface area contributed by atoms with Gasteiger partial charge >= 0.3 is 5.97 Å². The van der Waals surface area contributed by atoms with E-state index in [1.807, 2.05) is 31.2 Å². The maximum absolute atomic E-state index is 10.9. The molecule has 0 spiro atoms. The van der Waals surface area contributed by atoms with E-state index in [4.69, 9.17) is 9.84 Å². The molecule has 1 fully saturated rings. The highest BCUT2D eigenvalue weighted by atomic mass is 16.5. The Kier molecular flexibility index (Phi) is 3.67. The fourth-order valence-electron chi connectivity index (χ4n) is 2.22. The number of carboxylic acid groups (broad SMARTS) is 1. The van der Waals surface area contributed by atoms with Gasteiger partial charge in [0.2, 0.25) is 0 Å². The smallest absolute Gasteiger partial charge is 0.303 e. The van der Waals surface area contributed by atoms with Crippen molar-refractivity contribution in [1.82, 2.24) is 0 Å². The maximum Gasteiger partial charge on any atom is 0.303 e. The van der Waals surface area contributed by atoms with E-state index < -0.39 is 5.97 Å². The lowest BCUT2D eigenvalue weighted by Crippen LogP contribution is -2.08. The molecule has 0 aromatic heterocycles. The van der Waals surface area contributed by atoms with Crippen molar-refractivity contribution < 1.29 is 14.6 Å². The minimum absolute atomic E-state index is 0.170. The first-order valence-electron chi connectivity index (χ1n) is 6.15. The molecule has 2 rings (SSSR count). The molecule has 0 radical (unpaired) electrons. The van der Waals surface area contributed by atoms with Gasteiger partial charge in [-0.15, -0.1) is 0 Å². The average Bonchev–Trinajstić information content (AvgIpc) is 3.11. The molecule has 0 saturated heterocycles. The highest BCUT2D eigenvalue weighted by molar-refractivity contribution is 5.68. The molecule has 1 N–H and O–H groups in total. The molecule has 1 saturated carbocycles. The Morgan fingerprint density at radius 3 is 2.53 bits per heavy atom. The zero-order valence-corrected chi connectivity index (χ0v) is 10.1. The van der Waals surface area contributed by atoms with Crippen LogP contribution in [-0.4, -0.2) is 17.7 Å². The van der Waals surface area contributed by atoms with Crippen LogP contribution in [0.2, 0.25) is 0 Å². The normalized spacial score (nSPS) is 16.5. The van der Waals surface area contributed by atoms with Gasteiger partial charge in [0.15, 0.2) is 0 Å². The van der Waals surface area contributed by atoms with E-state index in [2.05, 4.69) is 0 Å². The maximum atomic E-state index is 10.9. The van der Waals surface area contributed by atoms with E-state index in [0.29, 0.717) is 12.5 Å². The number of carboxylic acids is 1. The first-order valence-corrected chi connectivity index (χ1v) is 6.15. The third kappa shape index (κ3) is 3.22. The van der Waals surface area contributed by atoms with Gasteiger partial charge in [-0.25, -0.2) is 0 Å². The topological polar surface area (TPSA) is 46.5 Å². The number of aliphatic carboxylic acids is 1. The van der Waals surface area contributed by atoms with Crippen LogP contribution in [0.4, 0.5) is 0 Å². The van der Waals surface area contributed by atoms with Gasteiger partial charge in [0.05, 0.1) is 13.0 Å². The lowest BCUT2D eigenvalue weighted by Gasteiger charge is -2.14. The number of hydrogen-bond donors (Lipinski definition) is 1. The minimum atomic E-state index is -0.712. The SMILES string of the molecule is CCOc1ccc(C(CC(=O)O)C2CC2)cc1. The Hall–Kier alpha value is -1.51. The summed E-state index contributed by atoms with van der Waals surface area (Å²) >= 11 is 0. The molecule has 1 aliphatic rings. The molecule has 3 nitrogen and oxygen atoms in total. The standard InChI is InChI=1S/C14H18O3/c1-2-17-12-7-5-11(6-8-12)13(9-14(15)16)10-3-4-10/h5-8,10,13H,2-4,9H2,1H3,(H,15,16).